The molecule has 0 bridgehead atoms. The van der Waals surface area contributed by atoms with Gasteiger partial charge in [0.2, 0.25) is 5.91 Å². The van der Waals surface area contributed by atoms with E-state index in [1.807, 2.05) is 6.07 Å². The maximum absolute atomic E-state index is 12.4. The average molecular weight is 336 g/mol. The summed E-state index contributed by atoms with van der Waals surface area (Å²) in [6, 6.07) is 12.0. The number of carbonyl (C=O) groups is 2. The number of rotatable bonds is 5. The van der Waals surface area contributed by atoms with E-state index in [9.17, 15) is 14.9 Å². The molecule has 25 heavy (non-hydrogen) atoms. The fourth-order valence-corrected chi connectivity index (χ4v) is 2.60. The molecular formula is C18H16N4O3. The Kier molecular flexibility index (Phi) is 4.90. The smallest absolute Gasteiger partial charge is 0.410 e. The zero-order valence-electron chi connectivity index (χ0n) is 13.4. The first-order valence-corrected chi connectivity index (χ1v) is 7.77. The van der Waals surface area contributed by atoms with Crippen molar-refractivity contribution in [3.8, 4) is 6.07 Å². The van der Waals surface area contributed by atoms with Crippen molar-refractivity contribution in [1.82, 2.24) is 15.2 Å². The molecule has 1 atom stereocenters. The first-order valence-electron chi connectivity index (χ1n) is 7.77. The van der Waals surface area contributed by atoms with Gasteiger partial charge >= 0.3 is 6.09 Å². The highest BCUT2D eigenvalue weighted by Crippen LogP contribution is 2.19. The number of carbonyl (C=O) groups excluding carboxylic acids is 2. The lowest BCUT2D eigenvalue weighted by atomic mass is 10.1. The van der Waals surface area contributed by atoms with E-state index in [0.29, 0.717) is 17.7 Å². The minimum absolute atomic E-state index is 0.00751. The number of amides is 2. The molecule has 2 amide bonds. The van der Waals surface area contributed by atoms with Crippen molar-refractivity contribution in [3.63, 3.8) is 0 Å². The van der Waals surface area contributed by atoms with E-state index in [0.717, 1.165) is 5.56 Å². The van der Waals surface area contributed by atoms with Crippen molar-refractivity contribution in [2.45, 2.75) is 19.1 Å². The monoisotopic (exact) mass is 336 g/mol. The molecule has 1 saturated heterocycles. The molecule has 0 aliphatic carbocycles. The van der Waals surface area contributed by atoms with Crippen molar-refractivity contribution >= 4 is 12.0 Å². The van der Waals surface area contributed by atoms with Gasteiger partial charge in [-0.1, -0.05) is 24.3 Å². The first-order chi connectivity index (χ1) is 12.2. The van der Waals surface area contributed by atoms with Crippen LogP contribution in [0.15, 0.2) is 48.8 Å². The molecule has 0 unspecified atom stereocenters. The number of hydrogen-bond acceptors (Lipinski definition) is 5. The van der Waals surface area contributed by atoms with Crippen molar-refractivity contribution in [2.24, 2.45) is 0 Å². The van der Waals surface area contributed by atoms with Crippen LogP contribution in [0.4, 0.5) is 4.79 Å². The standard InChI is InChI=1S/C18H16N4O3/c19-8-14-5-1-2-6-15(14)11-22-16(12-25-18(22)24)17(23)21-10-13-4-3-7-20-9-13/h1-7,9,16H,10-12H2,(H,21,23)/t16-/m0/s1. The van der Waals surface area contributed by atoms with Crippen LogP contribution in [-0.4, -0.2) is 34.5 Å². The molecule has 1 aliphatic rings. The molecule has 1 aromatic heterocycles. The maximum atomic E-state index is 12.4. The van der Waals surface area contributed by atoms with Crippen LogP contribution in [0, 0.1) is 11.3 Å². The molecule has 0 radical (unpaired) electrons. The number of nitrogens with one attached hydrogen (secondary N) is 1. The van der Waals surface area contributed by atoms with E-state index in [1.165, 1.54) is 4.90 Å². The summed E-state index contributed by atoms with van der Waals surface area (Å²) >= 11 is 0. The largest absolute Gasteiger partial charge is 0.447 e. The Hall–Kier alpha value is -3.40. The van der Waals surface area contributed by atoms with Gasteiger partial charge < -0.3 is 10.1 Å². The molecule has 1 fully saturated rings. The molecule has 3 rings (SSSR count). The predicted octanol–water partition coefficient (Wildman–Crippen LogP) is 1.59. The summed E-state index contributed by atoms with van der Waals surface area (Å²) in [5.74, 6) is -0.302. The van der Waals surface area contributed by atoms with Gasteiger partial charge in [-0.25, -0.2) is 4.79 Å². The molecular weight excluding hydrogens is 320 g/mol. The van der Waals surface area contributed by atoms with Crippen molar-refractivity contribution in [3.05, 3.63) is 65.5 Å². The van der Waals surface area contributed by atoms with Gasteiger partial charge in [-0.05, 0) is 23.3 Å². The molecule has 7 heteroatoms. The zero-order valence-corrected chi connectivity index (χ0v) is 13.4. The molecule has 126 valence electrons. The SMILES string of the molecule is N#Cc1ccccc1CN1C(=O)OC[C@H]1C(=O)NCc1cccnc1. The quantitative estimate of drug-likeness (QED) is 0.894. The van der Waals surface area contributed by atoms with Crippen molar-refractivity contribution < 1.29 is 14.3 Å². The third-order valence-electron chi connectivity index (χ3n) is 3.95. The number of benzene rings is 1. The number of nitrogens with zero attached hydrogens (tertiary/aromatic N) is 3. The van der Waals surface area contributed by atoms with Gasteiger partial charge in [0.15, 0.2) is 0 Å². The van der Waals surface area contributed by atoms with Crippen LogP contribution < -0.4 is 5.32 Å². The van der Waals surface area contributed by atoms with Crippen LogP contribution in [0.3, 0.4) is 0 Å². The number of aromatic nitrogens is 1. The Morgan fingerprint density at radius 1 is 1.36 bits per heavy atom. The number of cyclic esters (lactones) is 1. The summed E-state index contributed by atoms with van der Waals surface area (Å²) in [4.78, 5) is 29.8. The molecule has 1 aromatic carbocycles. The minimum atomic E-state index is -0.726. The molecule has 0 spiro atoms. The van der Waals surface area contributed by atoms with Crippen LogP contribution in [0.25, 0.3) is 0 Å². The lowest BCUT2D eigenvalue weighted by molar-refractivity contribution is -0.125. The summed E-state index contributed by atoms with van der Waals surface area (Å²) in [5, 5.41) is 12.0. The normalized spacial score (nSPS) is 16.2. The molecule has 1 aliphatic heterocycles. The summed E-state index contributed by atoms with van der Waals surface area (Å²) in [5.41, 5.74) is 2.01. The first kappa shape index (κ1) is 16.5. The van der Waals surface area contributed by atoms with E-state index in [1.54, 1.807) is 42.7 Å². The van der Waals surface area contributed by atoms with E-state index in [-0.39, 0.29) is 19.1 Å². The molecule has 7 nitrogen and oxygen atoms in total. The summed E-state index contributed by atoms with van der Waals surface area (Å²) < 4.78 is 5.03. The Balaban J connectivity index is 1.69. The molecule has 2 aromatic rings. The highest BCUT2D eigenvalue weighted by Gasteiger charge is 2.38. The highest BCUT2D eigenvalue weighted by atomic mass is 16.6. The second kappa shape index (κ2) is 7.45. The van der Waals surface area contributed by atoms with Crippen LogP contribution in [0.5, 0.6) is 0 Å². The van der Waals surface area contributed by atoms with Crippen LogP contribution in [0.2, 0.25) is 0 Å². The fourth-order valence-electron chi connectivity index (χ4n) is 2.60. The number of pyridine rings is 1. The fraction of sp³-hybridized carbons (Fsp3) is 0.222. The topological polar surface area (TPSA) is 95.3 Å². The van der Waals surface area contributed by atoms with E-state index < -0.39 is 12.1 Å². The van der Waals surface area contributed by atoms with E-state index >= 15 is 0 Å². The lowest BCUT2D eigenvalue weighted by Gasteiger charge is -2.21. The maximum Gasteiger partial charge on any atom is 0.410 e. The van der Waals surface area contributed by atoms with Gasteiger partial charge in [-0.15, -0.1) is 0 Å². The van der Waals surface area contributed by atoms with Crippen LogP contribution in [0.1, 0.15) is 16.7 Å². The molecule has 0 saturated carbocycles. The summed E-state index contributed by atoms with van der Waals surface area (Å²) in [6.45, 7) is 0.458. The lowest BCUT2D eigenvalue weighted by Crippen LogP contribution is -2.45. The third-order valence-corrected chi connectivity index (χ3v) is 3.95. The highest BCUT2D eigenvalue weighted by molar-refractivity contribution is 5.87. The Morgan fingerprint density at radius 3 is 2.96 bits per heavy atom. The minimum Gasteiger partial charge on any atom is -0.447 e. The number of ether oxygens (including phenoxy) is 1. The van der Waals surface area contributed by atoms with Gasteiger partial charge in [-0.3, -0.25) is 14.7 Å². The van der Waals surface area contributed by atoms with Crippen LogP contribution >= 0.6 is 0 Å². The van der Waals surface area contributed by atoms with Gasteiger partial charge in [0, 0.05) is 18.9 Å². The second-order valence-corrected chi connectivity index (χ2v) is 5.57. The van der Waals surface area contributed by atoms with Gasteiger partial charge in [-0.2, -0.15) is 5.26 Å². The van der Waals surface area contributed by atoms with E-state index in [2.05, 4.69) is 16.4 Å². The van der Waals surface area contributed by atoms with Crippen LogP contribution in [-0.2, 0) is 22.6 Å². The van der Waals surface area contributed by atoms with Gasteiger partial charge in [0.25, 0.3) is 0 Å². The zero-order chi connectivity index (χ0) is 17.6. The predicted molar refractivity (Wildman–Crippen MR) is 87.9 cm³/mol. The Bertz CT molecular complexity index is 817. The summed E-state index contributed by atoms with van der Waals surface area (Å²) in [6.07, 6.45) is 2.76. The second-order valence-electron chi connectivity index (χ2n) is 5.57. The molecule has 1 N–H and O–H groups in total. The van der Waals surface area contributed by atoms with Gasteiger partial charge in [0.1, 0.15) is 12.6 Å². The molecule has 2 heterocycles. The van der Waals surface area contributed by atoms with Crippen molar-refractivity contribution in [2.75, 3.05) is 6.61 Å². The van der Waals surface area contributed by atoms with Crippen molar-refractivity contribution in [1.29, 1.82) is 5.26 Å². The summed E-state index contributed by atoms with van der Waals surface area (Å²) in [7, 11) is 0. The van der Waals surface area contributed by atoms with Gasteiger partial charge in [0.05, 0.1) is 18.2 Å². The Labute approximate surface area is 144 Å². The number of nitriles is 1. The van der Waals surface area contributed by atoms with E-state index in [4.69, 9.17) is 4.74 Å². The third kappa shape index (κ3) is 3.75. The Morgan fingerprint density at radius 2 is 2.20 bits per heavy atom. The average Bonchev–Trinajstić information content (AvgIpc) is 3.02. The number of hydrogen-bond donors (Lipinski definition) is 1.